The summed E-state index contributed by atoms with van der Waals surface area (Å²) >= 11 is 0. The molecule has 0 aromatic heterocycles. The number of ether oxygens (including phenoxy) is 1. The molecule has 136 valence electrons. The number of carbonyl (C=O) groups is 2. The monoisotopic (exact) mass is 354 g/mol. The first-order valence-corrected chi connectivity index (χ1v) is 8.26. The van der Waals surface area contributed by atoms with Gasteiger partial charge in [0.15, 0.2) is 17.7 Å². The van der Waals surface area contributed by atoms with Gasteiger partial charge in [0.05, 0.1) is 6.61 Å². The average molecular weight is 354 g/mol. The van der Waals surface area contributed by atoms with E-state index in [2.05, 4.69) is 4.90 Å². The number of likely N-dealkylation sites (tertiary alicyclic amines) is 1. The number of hydrogen-bond acceptors (Lipinski definition) is 4. The second kappa shape index (κ2) is 6.68. The van der Waals surface area contributed by atoms with Crippen molar-refractivity contribution in [2.45, 2.75) is 31.5 Å². The topological polar surface area (TPSA) is 70.1 Å². The summed E-state index contributed by atoms with van der Waals surface area (Å²) in [6.07, 6.45) is 0.945. The van der Waals surface area contributed by atoms with E-state index in [0.717, 1.165) is 24.7 Å². The molecule has 2 aliphatic heterocycles. The predicted octanol–water partition coefficient (Wildman–Crippen LogP) is 1.70. The second-order valence-corrected chi connectivity index (χ2v) is 6.35. The number of carbonyl (C=O) groups excluding carboxylic acids is 1. The maximum absolute atomic E-state index is 13.5. The number of benzene rings is 1. The van der Waals surface area contributed by atoms with Crippen LogP contribution in [0.25, 0.3) is 0 Å². The third-order valence-corrected chi connectivity index (χ3v) is 5.02. The molecule has 0 aliphatic carbocycles. The number of hydrogen-bond donors (Lipinski definition) is 1. The molecule has 1 atom stereocenters. The van der Waals surface area contributed by atoms with Crippen molar-refractivity contribution in [2.75, 3.05) is 26.2 Å². The predicted molar refractivity (Wildman–Crippen MR) is 84.0 cm³/mol. The Morgan fingerprint density at radius 2 is 1.96 bits per heavy atom. The fraction of sp³-hybridized carbons (Fsp3) is 0.529. The van der Waals surface area contributed by atoms with E-state index in [0.29, 0.717) is 25.9 Å². The van der Waals surface area contributed by atoms with Crippen LogP contribution in [0.5, 0.6) is 0 Å². The summed E-state index contributed by atoms with van der Waals surface area (Å²) in [6, 6.07) is 1.67. The fourth-order valence-corrected chi connectivity index (χ4v) is 3.54. The first-order valence-electron chi connectivity index (χ1n) is 8.26. The van der Waals surface area contributed by atoms with E-state index >= 15 is 0 Å². The standard InChI is InChI=1S/C17H20F2N2O4/c1-2-20-7-5-17(6-8-20)21(14(10-25-17)16(23)24)15(22)11-3-4-12(18)13(19)9-11/h3-4,9,14H,2,5-8,10H2,1H3,(H,23,24)/t14-/m0/s1. The summed E-state index contributed by atoms with van der Waals surface area (Å²) in [6.45, 7) is 4.11. The van der Waals surface area contributed by atoms with Gasteiger partial charge >= 0.3 is 5.97 Å². The number of piperidine rings is 1. The van der Waals surface area contributed by atoms with E-state index in [-0.39, 0.29) is 12.2 Å². The molecule has 3 rings (SSSR count). The maximum Gasteiger partial charge on any atom is 0.328 e. The Hall–Kier alpha value is -2.06. The highest BCUT2D eigenvalue weighted by molar-refractivity contribution is 5.97. The normalized spacial score (nSPS) is 23.2. The lowest BCUT2D eigenvalue weighted by Crippen LogP contribution is -2.58. The molecule has 0 bridgehead atoms. The van der Waals surface area contributed by atoms with E-state index in [1.54, 1.807) is 0 Å². The molecule has 0 radical (unpaired) electrons. The zero-order valence-electron chi connectivity index (χ0n) is 13.9. The largest absolute Gasteiger partial charge is 0.480 e. The van der Waals surface area contributed by atoms with Crippen molar-refractivity contribution in [2.24, 2.45) is 0 Å². The minimum atomic E-state index is -1.18. The van der Waals surface area contributed by atoms with Crippen LogP contribution < -0.4 is 0 Å². The Bertz CT molecular complexity index is 689. The minimum absolute atomic E-state index is 0.0899. The van der Waals surface area contributed by atoms with E-state index in [9.17, 15) is 23.5 Å². The Morgan fingerprint density at radius 3 is 2.52 bits per heavy atom. The molecule has 25 heavy (non-hydrogen) atoms. The highest BCUT2D eigenvalue weighted by Gasteiger charge is 2.53. The number of nitrogens with zero attached hydrogens (tertiary/aromatic N) is 2. The van der Waals surface area contributed by atoms with Gasteiger partial charge in [-0.2, -0.15) is 0 Å². The van der Waals surface area contributed by atoms with Gasteiger partial charge in [0, 0.05) is 31.5 Å². The van der Waals surface area contributed by atoms with Gasteiger partial charge in [0.2, 0.25) is 0 Å². The Morgan fingerprint density at radius 1 is 1.28 bits per heavy atom. The van der Waals surface area contributed by atoms with Gasteiger partial charge in [0.1, 0.15) is 5.72 Å². The number of carboxylic acids is 1. The van der Waals surface area contributed by atoms with Crippen LogP contribution >= 0.6 is 0 Å². The van der Waals surface area contributed by atoms with Gasteiger partial charge in [-0.25, -0.2) is 13.6 Å². The van der Waals surface area contributed by atoms with Crippen molar-refractivity contribution < 1.29 is 28.2 Å². The molecule has 1 N–H and O–H groups in total. The molecule has 6 nitrogen and oxygen atoms in total. The fourth-order valence-electron chi connectivity index (χ4n) is 3.54. The molecule has 8 heteroatoms. The lowest BCUT2D eigenvalue weighted by Gasteiger charge is -2.44. The van der Waals surface area contributed by atoms with Crippen LogP contribution in [0.4, 0.5) is 8.78 Å². The van der Waals surface area contributed by atoms with Gasteiger partial charge in [-0.05, 0) is 24.7 Å². The van der Waals surface area contributed by atoms with Crippen LogP contribution in [0, 0.1) is 11.6 Å². The maximum atomic E-state index is 13.5. The van der Waals surface area contributed by atoms with Crippen LogP contribution in [-0.4, -0.2) is 64.8 Å². The van der Waals surface area contributed by atoms with Gasteiger partial charge in [0.25, 0.3) is 5.91 Å². The van der Waals surface area contributed by atoms with Crippen molar-refractivity contribution in [3.05, 3.63) is 35.4 Å². The van der Waals surface area contributed by atoms with Crippen molar-refractivity contribution >= 4 is 11.9 Å². The van der Waals surface area contributed by atoms with Gasteiger partial charge in [-0.3, -0.25) is 9.69 Å². The van der Waals surface area contributed by atoms with Gasteiger partial charge in [-0.1, -0.05) is 6.92 Å². The number of halogens is 2. The SMILES string of the molecule is CCN1CCC2(CC1)OC[C@@H](C(=O)O)N2C(=O)c1ccc(F)c(F)c1. The summed E-state index contributed by atoms with van der Waals surface area (Å²) in [4.78, 5) is 27.9. The summed E-state index contributed by atoms with van der Waals surface area (Å²) in [5.41, 5.74) is -1.11. The lowest BCUT2D eigenvalue weighted by molar-refractivity contribution is -0.143. The molecule has 2 saturated heterocycles. The molecule has 2 aliphatic rings. The smallest absolute Gasteiger partial charge is 0.328 e. The Labute approximate surface area is 144 Å². The minimum Gasteiger partial charge on any atom is -0.480 e. The van der Waals surface area contributed by atoms with Crippen LogP contribution in [0.2, 0.25) is 0 Å². The van der Waals surface area contributed by atoms with E-state index in [1.807, 2.05) is 6.92 Å². The molecule has 1 aromatic rings. The highest BCUT2D eigenvalue weighted by Crippen LogP contribution is 2.38. The second-order valence-electron chi connectivity index (χ2n) is 6.35. The van der Waals surface area contributed by atoms with E-state index in [1.165, 1.54) is 4.90 Å². The van der Waals surface area contributed by atoms with Crippen LogP contribution in [0.1, 0.15) is 30.1 Å². The molecule has 0 saturated carbocycles. The quantitative estimate of drug-likeness (QED) is 0.895. The zero-order chi connectivity index (χ0) is 18.2. The van der Waals surface area contributed by atoms with Crippen molar-refractivity contribution in [1.82, 2.24) is 9.80 Å². The number of carboxylic acid groups (broad SMARTS) is 1. The molecule has 0 unspecified atom stereocenters. The van der Waals surface area contributed by atoms with E-state index < -0.39 is 35.3 Å². The number of amides is 1. The van der Waals surface area contributed by atoms with Crippen molar-refractivity contribution in [3.63, 3.8) is 0 Å². The van der Waals surface area contributed by atoms with Crippen molar-refractivity contribution in [3.8, 4) is 0 Å². The third kappa shape index (κ3) is 3.11. The first-order chi connectivity index (χ1) is 11.9. The molecule has 1 aromatic carbocycles. The van der Waals surface area contributed by atoms with Crippen LogP contribution in [0.3, 0.4) is 0 Å². The Balaban J connectivity index is 1.93. The van der Waals surface area contributed by atoms with Crippen LogP contribution in [-0.2, 0) is 9.53 Å². The summed E-state index contributed by atoms with van der Waals surface area (Å²) in [7, 11) is 0. The van der Waals surface area contributed by atoms with Crippen LogP contribution in [0.15, 0.2) is 18.2 Å². The summed E-state index contributed by atoms with van der Waals surface area (Å²) in [5.74, 6) is -4.04. The zero-order valence-corrected chi connectivity index (χ0v) is 13.9. The Kier molecular flexibility index (Phi) is 4.75. The molecular weight excluding hydrogens is 334 g/mol. The van der Waals surface area contributed by atoms with Gasteiger partial charge < -0.3 is 14.7 Å². The summed E-state index contributed by atoms with van der Waals surface area (Å²) < 4.78 is 32.5. The van der Waals surface area contributed by atoms with Gasteiger partial charge in [-0.15, -0.1) is 0 Å². The third-order valence-electron chi connectivity index (χ3n) is 5.02. The number of rotatable bonds is 3. The number of aliphatic carboxylic acids is 1. The molecule has 1 spiro atoms. The summed E-state index contributed by atoms with van der Waals surface area (Å²) in [5, 5.41) is 9.47. The molecule has 2 fully saturated rings. The van der Waals surface area contributed by atoms with E-state index in [4.69, 9.17) is 4.74 Å². The molecule has 2 heterocycles. The average Bonchev–Trinajstić information content (AvgIpc) is 2.96. The van der Waals surface area contributed by atoms with Crippen molar-refractivity contribution in [1.29, 1.82) is 0 Å². The first kappa shape index (κ1) is 17.8. The molecular formula is C17H20F2N2O4. The lowest BCUT2D eigenvalue weighted by atomic mass is 9.96. The molecule has 1 amide bonds. The highest BCUT2D eigenvalue weighted by atomic mass is 19.2.